The van der Waals surface area contributed by atoms with Gasteiger partial charge in [0.1, 0.15) is 35.2 Å². The molecule has 3 aliphatic heterocycles. The highest BCUT2D eigenvalue weighted by molar-refractivity contribution is 6.03. The van der Waals surface area contributed by atoms with Crippen LogP contribution in [0, 0.1) is 24.0 Å². The van der Waals surface area contributed by atoms with E-state index in [2.05, 4.69) is 25.9 Å². The zero-order valence-electron chi connectivity index (χ0n) is 24.9. The van der Waals surface area contributed by atoms with Gasteiger partial charge in [-0.15, -0.1) is 6.42 Å². The first kappa shape index (κ1) is 27.7. The van der Waals surface area contributed by atoms with Crippen molar-refractivity contribution in [3.63, 3.8) is 0 Å². The minimum absolute atomic E-state index is 0.0124. The third-order valence-corrected chi connectivity index (χ3v) is 9.76. The number of aromatic nitrogens is 5. The highest BCUT2D eigenvalue weighted by atomic mass is 19.1. The molecule has 2 saturated heterocycles. The Morgan fingerprint density at radius 1 is 1.07 bits per heavy atom. The van der Waals surface area contributed by atoms with Crippen LogP contribution in [0.1, 0.15) is 43.4 Å². The van der Waals surface area contributed by atoms with E-state index in [-0.39, 0.29) is 45.0 Å². The molecule has 1 N–H and O–H groups in total. The van der Waals surface area contributed by atoms with Gasteiger partial charge in [0.05, 0.1) is 34.1 Å². The number of terminal acetylenes is 1. The third kappa shape index (κ3) is 4.30. The van der Waals surface area contributed by atoms with E-state index < -0.39 is 11.6 Å². The summed E-state index contributed by atoms with van der Waals surface area (Å²) >= 11 is 0. The summed E-state index contributed by atoms with van der Waals surface area (Å²) in [5, 5.41) is 16.2. The fraction of sp³-hybridized carbons (Fsp3) is 0.353. The van der Waals surface area contributed by atoms with Crippen molar-refractivity contribution >= 4 is 33.2 Å². The molecule has 45 heavy (non-hydrogen) atoms. The topological polar surface area (TPSA) is 92.4 Å². The van der Waals surface area contributed by atoms with Crippen molar-refractivity contribution in [2.24, 2.45) is 7.05 Å². The summed E-state index contributed by atoms with van der Waals surface area (Å²) in [5.74, 6) is 1.37. The Balaban J connectivity index is 1.32. The number of fused-ring (bicyclic) bond motifs is 4. The fourth-order valence-electron chi connectivity index (χ4n) is 7.60. The summed E-state index contributed by atoms with van der Waals surface area (Å²) < 4.78 is 39.9. The summed E-state index contributed by atoms with van der Waals surface area (Å²) in [4.78, 5) is 18.5. The number of pyridine rings is 1. The molecular weight excluding hydrogens is 576 g/mol. The molecule has 2 fully saturated rings. The van der Waals surface area contributed by atoms with Gasteiger partial charge in [-0.05, 0) is 75.2 Å². The molecule has 3 aromatic heterocycles. The summed E-state index contributed by atoms with van der Waals surface area (Å²) in [6, 6.07) is 5.61. The second kappa shape index (κ2) is 10.4. The number of nitrogens with zero attached hydrogens (tertiary/aromatic N) is 7. The number of phenols is 1. The van der Waals surface area contributed by atoms with Gasteiger partial charge in [0.25, 0.3) is 0 Å². The Kier molecular flexibility index (Phi) is 6.39. The van der Waals surface area contributed by atoms with Crippen LogP contribution in [0.25, 0.3) is 32.9 Å². The maximum absolute atomic E-state index is 16.9. The standard InChI is InChI=1S/C34H31F2N7O2/c1-3-22-25(35)9-8-20-15-21(44)16-23(28(20)22)30-29(36)31-24(17-37-30)32(43-14-4-7-26-27(43)18-38-41(26)2)40-33(39-31)45-19-34-10-5-12-42(34)13-6-11-34/h1,8-9,15-18,44H,4-7,10-14,19H2,2H3. The van der Waals surface area contributed by atoms with Gasteiger partial charge in [-0.3, -0.25) is 14.6 Å². The van der Waals surface area contributed by atoms with Crippen LogP contribution in [-0.4, -0.2) is 66.5 Å². The van der Waals surface area contributed by atoms with Gasteiger partial charge in [0.2, 0.25) is 0 Å². The molecule has 228 valence electrons. The average Bonchev–Trinajstić information content (AvgIpc) is 3.74. The van der Waals surface area contributed by atoms with Gasteiger partial charge in [-0.25, -0.2) is 8.78 Å². The number of benzene rings is 2. The number of hydrogen-bond acceptors (Lipinski definition) is 8. The SMILES string of the molecule is C#Cc1c(F)ccc2cc(O)cc(-c3ncc4c(N5CCCc6c5cnn6C)nc(OCC56CCCN5CCC6)nc4c3F)c12. The van der Waals surface area contributed by atoms with Crippen molar-refractivity contribution < 1.29 is 18.6 Å². The normalized spacial score (nSPS) is 17.5. The van der Waals surface area contributed by atoms with E-state index in [0.717, 1.165) is 63.0 Å². The second-order valence-electron chi connectivity index (χ2n) is 12.2. The van der Waals surface area contributed by atoms with Gasteiger partial charge in [-0.2, -0.15) is 15.1 Å². The molecule has 0 spiro atoms. The highest BCUT2D eigenvalue weighted by Gasteiger charge is 2.45. The van der Waals surface area contributed by atoms with E-state index in [1.165, 1.54) is 30.5 Å². The molecule has 0 unspecified atom stereocenters. The van der Waals surface area contributed by atoms with Crippen LogP contribution >= 0.6 is 0 Å². The second-order valence-corrected chi connectivity index (χ2v) is 12.2. The lowest BCUT2D eigenvalue weighted by molar-refractivity contribution is 0.108. The minimum Gasteiger partial charge on any atom is -0.508 e. The molecule has 0 radical (unpaired) electrons. The van der Waals surface area contributed by atoms with E-state index in [0.29, 0.717) is 29.7 Å². The largest absolute Gasteiger partial charge is 0.508 e. The van der Waals surface area contributed by atoms with Gasteiger partial charge >= 0.3 is 6.01 Å². The molecule has 6 heterocycles. The number of halogens is 2. The first-order valence-electron chi connectivity index (χ1n) is 15.3. The predicted molar refractivity (Wildman–Crippen MR) is 167 cm³/mol. The van der Waals surface area contributed by atoms with Crippen LogP contribution in [0.3, 0.4) is 0 Å². The Bertz CT molecular complexity index is 2040. The third-order valence-electron chi connectivity index (χ3n) is 9.76. The van der Waals surface area contributed by atoms with Crippen LogP contribution in [0.4, 0.5) is 20.3 Å². The van der Waals surface area contributed by atoms with E-state index in [4.69, 9.17) is 16.1 Å². The quantitative estimate of drug-likeness (QED) is 0.257. The summed E-state index contributed by atoms with van der Waals surface area (Å²) in [6.07, 6.45) is 15.1. The molecule has 3 aliphatic rings. The fourth-order valence-corrected chi connectivity index (χ4v) is 7.60. The van der Waals surface area contributed by atoms with Crippen molar-refractivity contribution in [3.8, 4) is 35.4 Å². The summed E-state index contributed by atoms with van der Waals surface area (Å²) in [7, 11) is 1.91. The molecule has 0 atom stereocenters. The molecule has 8 rings (SSSR count). The Morgan fingerprint density at radius 2 is 1.89 bits per heavy atom. The molecule has 9 nitrogen and oxygen atoms in total. The Morgan fingerprint density at radius 3 is 2.69 bits per heavy atom. The van der Waals surface area contributed by atoms with E-state index in [1.54, 1.807) is 6.20 Å². The van der Waals surface area contributed by atoms with E-state index in [1.807, 2.05) is 16.6 Å². The lowest BCUT2D eigenvalue weighted by Crippen LogP contribution is -2.43. The van der Waals surface area contributed by atoms with Gasteiger partial charge in [0, 0.05) is 30.7 Å². The number of rotatable bonds is 5. The zero-order chi connectivity index (χ0) is 30.9. The number of hydrogen-bond donors (Lipinski definition) is 1. The Labute approximate surface area is 258 Å². The highest BCUT2D eigenvalue weighted by Crippen LogP contribution is 2.42. The number of ether oxygens (including phenoxy) is 1. The molecule has 0 saturated carbocycles. The summed E-state index contributed by atoms with van der Waals surface area (Å²) in [6.45, 7) is 3.16. The number of aryl methyl sites for hydroxylation is 1. The van der Waals surface area contributed by atoms with Crippen LogP contribution in [0.2, 0.25) is 0 Å². The molecule has 0 aliphatic carbocycles. The summed E-state index contributed by atoms with van der Waals surface area (Å²) in [5.41, 5.74) is 1.92. The lowest BCUT2D eigenvalue weighted by atomic mass is 9.95. The van der Waals surface area contributed by atoms with Crippen LogP contribution in [0.5, 0.6) is 11.8 Å². The molecule has 11 heteroatoms. The monoisotopic (exact) mass is 607 g/mol. The molecule has 2 aromatic carbocycles. The first-order valence-corrected chi connectivity index (χ1v) is 15.3. The lowest BCUT2D eigenvalue weighted by Gasteiger charge is -2.32. The number of phenolic OH excluding ortho intramolecular Hbond substituents is 1. The van der Waals surface area contributed by atoms with Gasteiger partial charge in [0.15, 0.2) is 5.82 Å². The maximum atomic E-state index is 16.9. The number of aromatic hydroxyl groups is 1. The van der Waals surface area contributed by atoms with Crippen molar-refractivity contribution in [2.45, 2.75) is 44.1 Å². The van der Waals surface area contributed by atoms with Crippen molar-refractivity contribution in [1.29, 1.82) is 0 Å². The average molecular weight is 608 g/mol. The number of anilines is 2. The minimum atomic E-state index is -0.745. The smallest absolute Gasteiger partial charge is 0.319 e. The van der Waals surface area contributed by atoms with Crippen LogP contribution in [-0.2, 0) is 13.5 Å². The van der Waals surface area contributed by atoms with Crippen LogP contribution < -0.4 is 9.64 Å². The maximum Gasteiger partial charge on any atom is 0.319 e. The molecule has 0 amide bonds. The van der Waals surface area contributed by atoms with Crippen molar-refractivity contribution in [3.05, 3.63) is 59.6 Å². The molecular formula is C34H31F2N7O2. The van der Waals surface area contributed by atoms with Crippen LogP contribution in [0.15, 0.2) is 36.7 Å². The molecule has 0 bridgehead atoms. The van der Waals surface area contributed by atoms with Gasteiger partial charge < -0.3 is 14.7 Å². The van der Waals surface area contributed by atoms with E-state index >= 15 is 4.39 Å². The zero-order valence-corrected chi connectivity index (χ0v) is 24.9. The first-order chi connectivity index (χ1) is 21.9. The van der Waals surface area contributed by atoms with Crippen molar-refractivity contribution in [1.82, 2.24) is 29.6 Å². The molecule has 5 aromatic rings. The Hall–Kier alpha value is -4.82. The van der Waals surface area contributed by atoms with Gasteiger partial charge in [-0.1, -0.05) is 12.0 Å². The predicted octanol–water partition coefficient (Wildman–Crippen LogP) is 5.64. The van der Waals surface area contributed by atoms with Crippen molar-refractivity contribution in [2.75, 3.05) is 31.1 Å². The van der Waals surface area contributed by atoms with E-state index in [9.17, 15) is 9.50 Å².